The van der Waals surface area contributed by atoms with Crippen molar-refractivity contribution in [2.45, 2.75) is 12.8 Å². The fraction of sp³-hybridized carbons (Fsp3) is 0.364. The molecule has 74 valence electrons. The minimum absolute atomic E-state index is 0.375. The van der Waals surface area contributed by atoms with Crippen molar-refractivity contribution in [2.24, 2.45) is 0 Å². The normalized spacial score (nSPS) is 13.2. The van der Waals surface area contributed by atoms with E-state index in [-0.39, 0.29) is 0 Å². The molecule has 1 aliphatic rings. The second-order valence-corrected chi connectivity index (χ2v) is 3.24. The molecule has 3 nitrogen and oxygen atoms in total. The van der Waals surface area contributed by atoms with Gasteiger partial charge in [0.15, 0.2) is 0 Å². The molecule has 0 fully saturated rings. The van der Waals surface area contributed by atoms with Gasteiger partial charge in [0, 0.05) is 24.0 Å². The van der Waals surface area contributed by atoms with Crippen LogP contribution in [-0.2, 0) is 17.6 Å². The van der Waals surface area contributed by atoms with Crippen LogP contribution in [0.25, 0.3) is 0 Å². The van der Waals surface area contributed by atoms with Crippen LogP contribution in [0.2, 0.25) is 0 Å². The minimum atomic E-state index is 0.375. The van der Waals surface area contributed by atoms with E-state index in [2.05, 4.69) is 0 Å². The molecule has 0 saturated heterocycles. The second kappa shape index (κ2) is 3.70. The maximum absolute atomic E-state index is 10.4. The molecular formula is C11H12O3. The molecule has 0 unspecified atom stereocenters. The Morgan fingerprint density at radius 2 is 2.43 bits per heavy atom. The summed E-state index contributed by atoms with van der Waals surface area (Å²) in [6.45, 7) is 0.725. The third-order valence-corrected chi connectivity index (χ3v) is 2.40. The number of carbonyl (C=O) groups is 1. The zero-order valence-corrected chi connectivity index (χ0v) is 8.08. The molecule has 0 bridgehead atoms. The standard InChI is InChI=1S/C11H12O3/c1-13-10-6-9-3-5-14-11(9)7-8(10)2-4-12/h4,6-7H,2-3,5H2,1H3. The molecule has 2 rings (SSSR count). The van der Waals surface area contributed by atoms with Crippen LogP contribution in [0.3, 0.4) is 0 Å². The van der Waals surface area contributed by atoms with Gasteiger partial charge in [-0.25, -0.2) is 0 Å². The monoisotopic (exact) mass is 192 g/mol. The van der Waals surface area contributed by atoms with Crippen LogP contribution in [0.5, 0.6) is 11.5 Å². The number of benzene rings is 1. The molecule has 0 spiro atoms. The predicted molar refractivity (Wildman–Crippen MR) is 52.0 cm³/mol. The lowest BCUT2D eigenvalue weighted by atomic mass is 10.1. The quantitative estimate of drug-likeness (QED) is 0.678. The smallest absolute Gasteiger partial charge is 0.124 e. The van der Waals surface area contributed by atoms with Crippen molar-refractivity contribution < 1.29 is 14.3 Å². The van der Waals surface area contributed by atoms with Gasteiger partial charge in [0.2, 0.25) is 0 Å². The Hall–Kier alpha value is -1.51. The summed E-state index contributed by atoms with van der Waals surface area (Å²) < 4.78 is 10.6. The Labute approximate surface area is 82.6 Å². The second-order valence-electron chi connectivity index (χ2n) is 3.24. The van der Waals surface area contributed by atoms with Crippen LogP contribution < -0.4 is 9.47 Å². The molecule has 0 N–H and O–H groups in total. The summed E-state index contributed by atoms with van der Waals surface area (Å²) in [4.78, 5) is 10.4. The van der Waals surface area contributed by atoms with E-state index in [9.17, 15) is 4.79 Å². The summed E-state index contributed by atoms with van der Waals surface area (Å²) in [6.07, 6.45) is 2.17. The van der Waals surface area contributed by atoms with Gasteiger partial charge in [-0.2, -0.15) is 0 Å². The number of carbonyl (C=O) groups excluding carboxylic acids is 1. The van der Waals surface area contributed by atoms with Gasteiger partial charge in [0.25, 0.3) is 0 Å². The number of hydrogen-bond acceptors (Lipinski definition) is 3. The fourth-order valence-corrected chi connectivity index (χ4v) is 1.68. The van der Waals surface area contributed by atoms with E-state index in [1.54, 1.807) is 7.11 Å². The molecule has 1 aliphatic heterocycles. The van der Waals surface area contributed by atoms with Crippen molar-refractivity contribution in [3.63, 3.8) is 0 Å². The average Bonchev–Trinajstić information content (AvgIpc) is 2.64. The van der Waals surface area contributed by atoms with Crippen LogP contribution >= 0.6 is 0 Å². The van der Waals surface area contributed by atoms with Gasteiger partial charge in [-0.15, -0.1) is 0 Å². The number of aldehydes is 1. The van der Waals surface area contributed by atoms with Crippen LogP contribution in [0.15, 0.2) is 12.1 Å². The highest BCUT2D eigenvalue weighted by molar-refractivity contribution is 5.60. The first-order valence-electron chi connectivity index (χ1n) is 4.61. The van der Waals surface area contributed by atoms with Crippen LogP contribution in [-0.4, -0.2) is 20.0 Å². The van der Waals surface area contributed by atoms with E-state index in [4.69, 9.17) is 9.47 Å². The van der Waals surface area contributed by atoms with Crippen molar-refractivity contribution in [3.05, 3.63) is 23.3 Å². The third-order valence-electron chi connectivity index (χ3n) is 2.40. The average molecular weight is 192 g/mol. The van der Waals surface area contributed by atoms with Crippen molar-refractivity contribution in [1.29, 1.82) is 0 Å². The van der Waals surface area contributed by atoms with E-state index in [0.717, 1.165) is 41.9 Å². The molecule has 0 saturated carbocycles. The zero-order chi connectivity index (χ0) is 9.97. The number of methoxy groups -OCH3 is 1. The fourth-order valence-electron chi connectivity index (χ4n) is 1.68. The molecule has 1 heterocycles. The summed E-state index contributed by atoms with van der Waals surface area (Å²) in [6, 6.07) is 3.86. The minimum Gasteiger partial charge on any atom is -0.496 e. The first-order valence-corrected chi connectivity index (χ1v) is 4.61. The van der Waals surface area contributed by atoms with Crippen LogP contribution in [0.4, 0.5) is 0 Å². The topological polar surface area (TPSA) is 35.5 Å². The summed E-state index contributed by atoms with van der Waals surface area (Å²) in [5.74, 6) is 1.67. The molecule has 0 radical (unpaired) electrons. The maximum atomic E-state index is 10.4. The predicted octanol–water partition coefficient (Wildman–Crippen LogP) is 1.37. The lowest BCUT2D eigenvalue weighted by Gasteiger charge is -2.08. The van der Waals surface area contributed by atoms with Crippen LogP contribution in [0.1, 0.15) is 11.1 Å². The summed E-state index contributed by atoms with van der Waals surface area (Å²) >= 11 is 0. The summed E-state index contributed by atoms with van der Waals surface area (Å²) in [7, 11) is 1.62. The third kappa shape index (κ3) is 1.45. The Balaban J connectivity index is 2.43. The summed E-state index contributed by atoms with van der Waals surface area (Å²) in [5.41, 5.74) is 2.06. The highest BCUT2D eigenvalue weighted by atomic mass is 16.5. The van der Waals surface area contributed by atoms with Crippen molar-refractivity contribution >= 4 is 6.29 Å². The molecule has 14 heavy (non-hydrogen) atoms. The number of fused-ring (bicyclic) bond motifs is 1. The lowest BCUT2D eigenvalue weighted by Crippen LogP contribution is -1.94. The highest BCUT2D eigenvalue weighted by Crippen LogP contribution is 2.32. The van der Waals surface area contributed by atoms with Gasteiger partial charge in [-0.05, 0) is 12.1 Å². The Morgan fingerprint density at radius 1 is 1.57 bits per heavy atom. The zero-order valence-electron chi connectivity index (χ0n) is 8.08. The van der Waals surface area contributed by atoms with Crippen molar-refractivity contribution in [2.75, 3.05) is 13.7 Å². The number of rotatable bonds is 3. The molecular weight excluding hydrogens is 180 g/mol. The molecule has 0 aliphatic carbocycles. The van der Waals surface area contributed by atoms with Crippen molar-refractivity contribution in [3.8, 4) is 11.5 Å². The molecule has 1 aromatic rings. The molecule has 0 amide bonds. The van der Waals surface area contributed by atoms with Gasteiger partial charge in [-0.3, -0.25) is 0 Å². The van der Waals surface area contributed by atoms with E-state index in [1.165, 1.54) is 0 Å². The molecule has 1 aromatic carbocycles. The molecule has 0 atom stereocenters. The number of hydrogen-bond donors (Lipinski definition) is 0. The Morgan fingerprint density at radius 3 is 3.14 bits per heavy atom. The highest BCUT2D eigenvalue weighted by Gasteiger charge is 2.15. The lowest BCUT2D eigenvalue weighted by molar-refractivity contribution is -0.107. The van der Waals surface area contributed by atoms with E-state index >= 15 is 0 Å². The number of ether oxygens (including phenoxy) is 2. The van der Waals surface area contributed by atoms with Gasteiger partial charge >= 0.3 is 0 Å². The van der Waals surface area contributed by atoms with Crippen LogP contribution in [0, 0.1) is 0 Å². The first kappa shape index (κ1) is 9.06. The Kier molecular flexibility index (Phi) is 2.39. The van der Waals surface area contributed by atoms with Gasteiger partial charge in [0.05, 0.1) is 13.7 Å². The van der Waals surface area contributed by atoms with E-state index in [0.29, 0.717) is 6.42 Å². The first-order chi connectivity index (χ1) is 6.85. The van der Waals surface area contributed by atoms with E-state index < -0.39 is 0 Å². The SMILES string of the molecule is COc1cc2c(cc1CC=O)OCC2. The molecule has 3 heteroatoms. The van der Waals surface area contributed by atoms with Gasteiger partial charge < -0.3 is 14.3 Å². The largest absolute Gasteiger partial charge is 0.496 e. The van der Waals surface area contributed by atoms with E-state index in [1.807, 2.05) is 12.1 Å². The van der Waals surface area contributed by atoms with Gasteiger partial charge in [0.1, 0.15) is 17.8 Å². The van der Waals surface area contributed by atoms with Crippen molar-refractivity contribution in [1.82, 2.24) is 0 Å². The van der Waals surface area contributed by atoms with Gasteiger partial charge in [-0.1, -0.05) is 0 Å². The molecule has 0 aromatic heterocycles. The maximum Gasteiger partial charge on any atom is 0.124 e. The Bertz CT molecular complexity index is 358. The summed E-state index contributed by atoms with van der Waals surface area (Å²) in [5, 5.41) is 0.